The summed E-state index contributed by atoms with van der Waals surface area (Å²) in [5, 5.41) is 2.95. The van der Waals surface area contributed by atoms with Crippen LogP contribution >= 0.6 is 0 Å². The second kappa shape index (κ2) is 11.5. The van der Waals surface area contributed by atoms with Crippen molar-refractivity contribution >= 4 is 11.9 Å². The van der Waals surface area contributed by atoms with Crippen LogP contribution in [0.3, 0.4) is 0 Å². The summed E-state index contributed by atoms with van der Waals surface area (Å²) in [4.78, 5) is 19.1. The summed E-state index contributed by atoms with van der Waals surface area (Å²) in [6, 6.07) is 13.2. The van der Waals surface area contributed by atoms with E-state index in [1.807, 2.05) is 0 Å². The molecule has 0 saturated heterocycles. The van der Waals surface area contributed by atoms with E-state index in [1.165, 1.54) is 42.2 Å². The van der Waals surface area contributed by atoms with E-state index >= 15 is 0 Å². The van der Waals surface area contributed by atoms with Gasteiger partial charge in [0.2, 0.25) is 6.79 Å². The number of aliphatic imine (C=N–C) groups is 1. The van der Waals surface area contributed by atoms with Crippen LogP contribution in [0.2, 0.25) is 0 Å². The molecule has 0 spiro atoms. The van der Waals surface area contributed by atoms with Crippen LogP contribution in [0.1, 0.15) is 40.8 Å². The molecule has 0 saturated carbocycles. The van der Waals surface area contributed by atoms with Gasteiger partial charge in [0.15, 0.2) is 17.5 Å². The highest BCUT2D eigenvalue weighted by Crippen LogP contribution is 2.40. The molecule has 1 unspecified atom stereocenters. The van der Waals surface area contributed by atoms with Gasteiger partial charge in [-0.15, -0.1) is 0 Å². The van der Waals surface area contributed by atoms with Gasteiger partial charge in [0.05, 0.1) is 42.9 Å². The fraction of sp³-hybridized carbons (Fsp3) is 0.267. The first-order valence-corrected chi connectivity index (χ1v) is 12.9. The number of guanidine groups is 1. The molecule has 13 heteroatoms. The number of ether oxygens (including phenoxy) is 3. The Bertz CT molecular complexity index is 1600. The number of benzene rings is 3. The van der Waals surface area contributed by atoms with Crippen molar-refractivity contribution in [3.63, 3.8) is 0 Å². The van der Waals surface area contributed by atoms with Crippen molar-refractivity contribution in [2.45, 2.75) is 38.4 Å². The fourth-order valence-electron chi connectivity index (χ4n) is 4.97. The number of allylic oxidation sites excluding steroid dienone is 1. The van der Waals surface area contributed by atoms with E-state index in [4.69, 9.17) is 14.2 Å². The van der Waals surface area contributed by atoms with Gasteiger partial charge in [-0.05, 0) is 53.9 Å². The van der Waals surface area contributed by atoms with Crippen molar-refractivity contribution in [2.75, 3.05) is 13.9 Å². The number of carbonyl (C=O) groups excluding carboxylic acids is 1. The lowest BCUT2D eigenvalue weighted by atomic mass is 9.91. The van der Waals surface area contributed by atoms with E-state index in [-0.39, 0.29) is 48.2 Å². The summed E-state index contributed by atoms with van der Waals surface area (Å²) in [6.45, 7) is 1.38. The zero-order valence-corrected chi connectivity index (χ0v) is 22.8. The molecule has 7 nitrogen and oxygen atoms in total. The molecule has 2 aliphatic heterocycles. The number of nitrogens with zero attached hydrogens (tertiary/aromatic N) is 2. The Hall–Kier alpha value is -4.68. The van der Waals surface area contributed by atoms with Crippen LogP contribution in [0.5, 0.6) is 11.5 Å². The predicted octanol–water partition coefficient (Wildman–Crippen LogP) is 6.60. The van der Waals surface area contributed by atoms with Crippen LogP contribution in [-0.2, 0) is 35.0 Å². The van der Waals surface area contributed by atoms with Gasteiger partial charge in [-0.1, -0.05) is 36.4 Å². The minimum absolute atomic E-state index is 0.0204. The Morgan fingerprint density at radius 2 is 1.70 bits per heavy atom. The molecule has 0 aliphatic carbocycles. The summed E-state index contributed by atoms with van der Waals surface area (Å²) in [5.41, 5.74) is -1.18. The molecule has 226 valence electrons. The van der Waals surface area contributed by atoms with Gasteiger partial charge >= 0.3 is 18.3 Å². The number of methoxy groups -OCH3 is 1. The summed E-state index contributed by atoms with van der Waals surface area (Å²) >= 11 is 0. The second-order valence-corrected chi connectivity index (χ2v) is 9.76. The van der Waals surface area contributed by atoms with Crippen LogP contribution in [0, 0.1) is 0 Å². The quantitative estimate of drug-likeness (QED) is 0.252. The normalized spacial score (nSPS) is 17.7. The largest absolute Gasteiger partial charge is 0.466 e. The summed E-state index contributed by atoms with van der Waals surface area (Å²) in [7, 11) is 1.09. The molecule has 0 aromatic heterocycles. The molecular formula is C30H25F6N3O4. The van der Waals surface area contributed by atoms with E-state index in [9.17, 15) is 31.1 Å². The van der Waals surface area contributed by atoms with Crippen molar-refractivity contribution in [2.24, 2.45) is 4.99 Å². The Labute approximate surface area is 242 Å². The monoisotopic (exact) mass is 605 g/mol. The number of nitrogens with one attached hydrogen (secondary N) is 1. The molecule has 1 atom stereocenters. The third-order valence-electron chi connectivity index (χ3n) is 7.04. The Balaban J connectivity index is 1.63. The number of hydrogen-bond acceptors (Lipinski definition) is 5. The molecule has 5 rings (SSSR count). The lowest BCUT2D eigenvalue weighted by Gasteiger charge is -2.38. The van der Waals surface area contributed by atoms with Crippen LogP contribution in [0.25, 0.3) is 0 Å². The standard InChI is InChI=1S/C30H25F6N3O4/c1-17-25(27(40)41-2)26(21-8-3-4-9-22(21)30(34,35)36)38-28(37-14-18-10-11-23-24(13-18)43-16-42-23)39(17)15-19-6-5-7-20(12-19)29(31,32)33/h3-13,26H,14-16H2,1-2H3,(H,37,38). The zero-order chi connectivity index (χ0) is 30.9. The van der Waals surface area contributed by atoms with Crippen molar-refractivity contribution in [3.8, 4) is 11.5 Å². The molecule has 2 aliphatic rings. The van der Waals surface area contributed by atoms with Crippen molar-refractivity contribution < 1.29 is 45.3 Å². The Kier molecular flexibility index (Phi) is 8.00. The number of esters is 1. The van der Waals surface area contributed by atoms with Crippen molar-refractivity contribution in [1.82, 2.24) is 10.2 Å². The average molecular weight is 606 g/mol. The second-order valence-electron chi connectivity index (χ2n) is 9.76. The summed E-state index contributed by atoms with van der Waals surface area (Å²) < 4.78 is 98.3. The Morgan fingerprint density at radius 3 is 2.42 bits per heavy atom. The van der Waals surface area contributed by atoms with Crippen LogP contribution in [0.4, 0.5) is 26.3 Å². The number of alkyl halides is 6. The first kappa shape index (κ1) is 29.8. The number of fused-ring (bicyclic) bond motifs is 1. The molecule has 2 heterocycles. The van der Waals surface area contributed by atoms with Gasteiger partial charge in [-0.2, -0.15) is 26.3 Å². The van der Waals surface area contributed by atoms with Crippen molar-refractivity contribution in [1.29, 1.82) is 0 Å². The maximum absolute atomic E-state index is 14.1. The number of rotatable bonds is 6. The highest BCUT2D eigenvalue weighted by molar-refractivity contribution is 5.96. The maximum atomic E-state index is 14.1. The molecule has 0 radical (unpaired) electrons. The van der Waals surface area contributed by atoms with E-state index in [0.29, 0.717) is 17.1 Å². The zero-order valence-electron chi connectivity index (χ0n) is 22.8. The van der Waals surface area contributed by atoms with Crippen molar-refractivity contribution in [3.05, 3.63) is 106 Å². The molecular weight excluding hydrogens is 580 g/mol. The third kappa shape index (κ3) is 6.25. The molecule has 1 N–H and O–H groups in total. The molecule has 3 aromatic rings. The lowest BCUT2D eigenvalue weighted by Crippen LogP contribution is -2.49. The molecule has 0 fully saturated rings. The highest BCUT2D eigenvalue weighted by atomic mass is 19.4. The van der Waals surface area contributed by atoms with Gasteiger partial charge in [0.1, 0.15) is 0 Å². The predicted molar refractivity (Wildman–Crippen MR) is 143 cm³/mol. The molecule has 0 amide bonds. The van der Waals surface area contributed by atoms with E-state index < -0.39 is 35.5 Å². The smallest absolute Gasteiger partial charge is 0.416 e. The number of carbonyl (C=O) groups is 1. The van der Waals surface area contributed by atoms with E-state index in [2.05, 4.69) is 10.3 Å². The first-order chi connectivity index (χ1) is 20.4. The topological polar surface area (TPSA) is 72.4 Å². The van der Waals surface area contributed by atoms with Crippen LogP contribution in [0.15, 0.2) is 83.0 Å². The highest BCUT2D eigenvalue weighted by Gasteiger charge is 2.41. The molecule has 3 aromatic carbocycles. The summed E-state index contributed by atoms with van der Waals surface area (Å²) in [5.74, 6) is 0.179. The average Bonchev–Trinajstić information content (AvgIpc) is 3.44. The van der Waals surface area contributed by atoms with Gasteiger partial charge in [0, 0.05) is 5.70 Å². The van der Waals surface area contributed by atoms with Gasteiger partial charge in [-0.25, -0.2) is 9.79 Å². The minimum Gasteiger partial charge on any atom is -0.466 e. The third-order valence-corrected chi connectivity index (χ3v) is 7.04. The molecule has 0 bridgehead atoms. The van der Waals surface area contributed by atoms with Gasteiger partial charge in [-0.3, -0.25) is 0 Å². The van der Waals surface area contributed by atoms with Crippen LogP contribution in [-0.4, -0.2) is 30.7 Å². The molecule has 43 heavy (non-hydrogen) atoms. The lowest BCUT2D eigenvalue weighted by molar-refractivity contribution is -0.140. The Morgan fingerprint density at radius 1 is 0.953 bits per heavy atom. The van der Waals surface area contributed by atoms with Gasteiger partial charge < -0.3 is 24.4 Å². The number of hydrogen-bond donors (Lipinski definition) is 1. The fourth-order valence-corrected chi connectivity index (χ4v) is 4.97. The summed E-state index contributed by atoms with van der Waals surface area (Å²) in [6.07, 6.45) is -9.34. The van der Waals surface area contributed by atoms with E-state index in [0.717, 1.165) is 25.3 Å². The minimum atomic E-state index is -4.74. The maximum Gasteiger partial charge on any atom is 0.416 e. The number of halogens is 6. The van der Waals surface area contributed by atoms with Gasteiger partial charge in [0.25, 0.3) is 0 Å². The van der Waals surface area contributed by atoms with Crippen LogP contribution < -0.4 is 14.8 Å². The van der Waals surface area contributed by atoms with E-state index in [1.54, 1.807) is 18.2 Å². The SMILES string of the molecule is COC(=O)C1=C(C)N(Cc2cccc(C(F)(F)F)c2)C(=NCc2ccc3c(c2)OCO3)NC1c1ccccc1C(F)(F)F. The first-order valence-electron chi connectivity index (χ1n) is 12.9.